The van der Waals surface area contributed by atoms with Gasteiger partial charge in [-0.3, -0.25) is 4.57 Å². The lowest BCUT2D eigenvalue weighted by atomic mass is 9.82. The van der Waals surface area contributed by atoms with Crippen molar-refractivity contribution in [1.82, 2.24) is 14.5 Å². The average Bonchev–Trinajstić information content (AvgIpc) is 3.68. The molecule has 45 heavy (non-hydrogen) atoms. The first-order valence-corrected chi connectivity index (χ1v) is 15.4. The normalized spacial score (nSPS) is 13.7. The van der Waals surface area contributed by atoms with Crippen molar-refractivity contribution in [3.63, 3.8) is 0 Å². The standard InChI is InChI=1S/C41H27N3O/c1-41(2)32-16-8-5-13-27(32)30-22-26(19-20-33(30)41)37-39(43-40-38(42-37)29-15-7-10-18-36(29)45-40)44-34-17-9-6-14-28(34)31-21-24-11-3-4-12-25(24)23-35(31)44/h3-23H,1-2H3. The Hall–Kier alpha value is -5.74. The molecule has 0 aliphatic heterocycles. The van der Waals surface area contributed by atoms with Gasteiger partial charge in [-0.25, -0.2) is 4.98 Å². The Labute approximate surface area is 259 Å². The second-order valence-electron chi connectivity index (χ2n) is 12.6. The van der Waals surface area contributed by atoms with Crippen molar-refractivity contribution in [2.45, 2.75) is 19.3 Å². The van der Waals surface area contributed by atoms with Crippen molar-refractivity contribution >= 4 is 54.8 Å². The number of para-hydroxylation sites is 2. The zero-order valence-corrected chi connectivity index (χ0v) is 24.9. The molecule has 0 amide bonds. The number of furan rings is 1. The lowest BCUT2D eigenvalue weighted by Crippen LogP contribution is -2.14. The van der Waals surface area contributed by atoms with Gasteiger partial charge in [0.05, 0.1) is 11.0 Å². The molecule has 0 radical (unpaired) electrons. The third-order valence-corrected chi connectivity index (χ3v) is 9.80. The van der Waals surface area contributed by atoms with E-state index in [1.807, 2.05) is 18.2 Å². The summed E-state index contributed by atoms with van der Waals surface area (Å²) in [6, 6.07) is 45.3. The fourth-order valence-electron chi connectivity index (χ4n) is 7.61. The summed E-state index contributed by atoms with van der Waals surface area (Å²) < 4.78 is 8.61. The predicted molar refractivity (Wildman–Crippen MR) is 184 cm³/mol. The second-order valence-corrected chi connectivity index (χ2v) is 12.6. The van der Waals surface area contributed by atoms with Gasteiger partial charge in [-0.05, 0) is 69.4 Å². The van der Waals surface area contributed by atoms with Crippen LogP contribution in [0.4, 0.5) is 0 Å². The molecule has 212 valence electrons. The molecule has 0 fully saturated rings. The van der Waals surface area contributed by atoms with Gasteiger partial charge in [0.2, 0.25) is 5.71 Å². The Morgan fingerprint density at radius 3 is 2.18 bits per heavy atom. The summed E-state index contributed by atoms with van der Waals surface area (Å²) in [5.74, 6) is 0.758. The van der Waals surface area contributed by atoms with Crippen LogP contribution in [0.2, 0.25) is 0 Å². The highest BCUT2D eigenvalue weighted by Gasteiger charge is 2.35. The zero-order chi connectivity index (χ0) is 29.9. The fourth-order valence-corrected chi connectivity index (χ4v) is 7.61. The second kappa shape index (κ2) is 8.67. The van der Waals surface area contributed by atoms with Crippen LogP contribution in [0, 0.1) is 0 Å². The van der Waals surface area contributed by atoms with Gasteiger partial charge in [-0.1, -0.05) is 105 Å². The molecular weight excluding hydrogens is 550 g/mol. The Bertz CT molecular complexity index is 2690. The molecule has 4 nitrogen and oxygen atoms in total. The van der Waals surface area contributed by atoms with E-state index in [9.17, 15) is 0 Å². The van der Waals surface area contributed by atoms with Crippen LogP contribution in [0.3, 0.4) is 0 Å². The molecule has 0 saturated heterocycles. The van der Waals surface area contributed by atoms with E-state index in [1.165, 1.54) is 43.8 Å². The van der Waals surface area contributed by atoms with E-state index in [0.29, 0.717) is 5.71 Å². The summed E-state index contributed by atoms with van der Waals surface area (Å²) in [6.07, 6.45) is 0. The molecule has 0 spiro atoms. The highest BCUT2D eigenvalue weighted by Crippen LogP contribution is 2.50. The van der Waals surface area contributed by atoms with E-state index >= 15 is 0 Å². The number of rotatable bonds is 2. The highest BCUT2D eigenvalue weighted by atomic mass is 16.3. The number of hydrogen-bond donors (Lipinski definition) is 0. The minimum Gasteiger partial charge on any atom is -0.436 e. The number of hydrogen-bond acceptors (Lipinski definition) is 3. The SMILES string of the molecule is CC1(C)c2ccccc2-c2cc(-c3nc4c(nc3-n3c5ccccc5c5cc6ccccc6cc53)oc3ccccc34)ccc21. The summed E-state index contributed by atoms with van der Waals surface area (Å²) in [7, 11) is 0. The van der Waals surface area contributed by atoms with Gasteiger partial charge in [-0.15, -0.1) is 0 Å². The molecule has 4 heteroatoms. The first-order valence-electron chi connectivity index (χ1n) is 15.4. The lowest BCUT2D eigenvalue weighted by molar-refractivity contribution is 0.652. The van der Waals surface area contributed by atoms with Crippen LogP contribution >= 0.6 is 0 Å². The molecule has 10 rings (SSSR count). The Morgan fingerprint density at radius 2 is 1.29 bits per heavy atom. The van der Waals surface area contributed by atoms with Crippen molar-refractivity contribution in [1.29, 1.82) is 0 Å². The summed E-state index contributed by atoms with van der Waals surface area (Å²) in [6.45, 7) is 4.63. The maximum absolute atomic E-state index is 6.34. The van der Waals surface area contributed by atoms with Crippen molar-refractivity contribution in [2.75, 3.05) is 0 Å². The van der Waals surface area contributed by atoms with Crippen LogP contribution in [0.25, 0.3) is 83.0 Å². The molecule has 0 N–H and O–H groups in total. The van der Waals surface area contributed by atoms with Gasteiger partial charge in [0.15, 0.2) is 5.82 Å². The topological polar surface area (TPSA) is 43.9 Å². The van der Waals surface area contributed by atoms with Crippen molar-refractivity contribution < 1.29 is 4.42 Å². The average molecular weight is 578 g/mol. The zero-order valence-electron chi connectivity index (χ0n) is 24.9. The van der Waals surface area contributed by atoms with Crippen LogP contribution in [0.5, 0.6) is 0 Å². The van der Waals surface area contributed by atoms with Crippen LogP contribution in [0.1, 0.15) is 25.0 Å². The summed E-state index contributed by atoms with van der Waals surface area (Å²) in [4.78, 5) is 10.7. The van der Waals surface area contributed by atoms with Gasteiger partial charge in [0, 0.05) is 27.1 Å². The van der Waals surface area contributed by atoms with Crippen molar-refractivity contribution in [3.8, 4) is 28.2 Å². The van der Waals surface area contributed by atoms with Gasteiger partial charge in [-0.2, -0.15) is 4.98 Å². The fraction of sp³-hybridized carbons (Fsp3) is 0.0732. The Kier molecular flexibility index (Phi) is 4.76. The molecule has 9 aromatic rings. The van der Waals surface area contributed by atoms with Crippen molar-refractivity contribution in [3.05, 3.63) is 139 Å². The van der Waals surface area contributed by atoms with Crippen LogP contribution < -0.4 is 0 Å². The minimum atomic E-state index is -0.0719. The minimum absolute atomic E-state index is 0.0719. The van der Waals surface area contributed by atoms with Crippen molar-refractivity contribution in [2.24, 2.45) is 0 Å². The summed E-state index contributed by atoms with van der Waals surface area (Å²) >= 11 is 0. The quantitative estimate of drug-likeness (QED) is 0.205. The van der Waals surface area contributed by atoms with E-state index in [4.69, 9.17) is 14.4 Å². The number of aromatic nitrogens is 3. The number of benzene rings is 6. The third kappa shape index (κ3) is 3.31. The predicted octanol–water partition coefficient (Wildman–Crippen LogP) is 10.6. The van der Waals surface area contributed by atoms with E-state index in [0.717, 1.165) is 44.6 Å². The van der Waals surface area contributed by atoms with Crippen LogP contribution in [-0.4, -0.2) is 14.5 Å². The number of fused-ring (bicyclic) bond motifs is 10. The molecule has 6 aromatic carbocycles. The van der Waals surface area contributed by atoms with Gasteiger partial charge >= 0.3 is 0 Å². The summed E-state index contributed by atoms with van der Waals surface area (Å²) in [5.41, 5.74) is 11.3. The first kappa shape index (κ1) is 24.7. The monoisotopic (exact) mass is 577 g/mol. The highest BCUT2D eigenvalue weighted by molar-refractivity contribution is 6.14. The maximum Gasteiger partial charge on any atom is 0.248 e. The molecule has 1 aliphatic carbocycles. The smallest absolute Gasteiger partial charge is 0.248 e. The molecule has 0 saturated carbocycles. The Balaban J connectivity index is 1.34. The Morgan fingerprint density at radius 1 is 0.578 bits per heavy atom. The lowest BCUT2D eigenvalue weighted by Gasteiger charge is -2.21. The van der Waals surface area contributed by atoms with E-state index < -0.39 is 0 Å². The largest absolute Gasteiger partial charge is 0.436 e. The molecule has 3 heterocycles. The van der Waals surface area contributed by atoms with E-state index in [-0.39, 0.29) is 5.41 Å². The number of nitrogens with zero attached hydrogens (tertiary/aromatic N) is 3. The molecule has 0 atom stereocenters. The molecule has 0 unspecified atom stereocenters. The summed E-state index contributed by atoms with van der Waals surface area (Å²) in [5, 5.41) is 5.73. The maximum atomic E-state index is 6.34. The molecule has 3 aromatic heterocycles. The van der Waals surface area contributed by atoms with Gasteiger partial charge < -0.3 is 4.42 Å². The molecule has 0 bridgehead atoms. The van der Waals surface area contributed by atoms with E-state index in [1.54, 1.807) is 0 Å². The molecular formula is C41H27N3O. The van der Waals surface area contributed by atoms with E-state index in [2.05, 4.69) is 128 Å². The van der Waals surface area contributed by atoms with Crippen LogP contribution in [0.15, 0.2) is 132 Å². The molecule has 1 aliphatic rings. The van der Waals surface area contributed by atoms with Gasteiger partial charge in [0.25, 0.3) is 0 Å². The van der Waals surface area contributed by atoms with Crippen LogP contribution in [-0.2, 0) is 5.41 Å². The third-order valence-electron chi connectivity index (χ3n) is 9.80. The van der Waals surface area contributed by atoms with Gasteiger partial charge in [0.1, 0.15) is 16.8 Å². The first-order chi connectivity index (χ1) is 22.1.